The highest BCUT2D eigenvalue weighted by molar-refractivity contribution is 5.76. The van der Waals surface area contributed by atoms with Crippen molar-refractivity contribution in [2.45, 2.75) is 0 Å². The molecule has 0 amide bonds. The summed E-state index contributed by atoms with van der Waals surface area (Å²) in [5, 5.41) is 15.5. The molecule has 0 heterocycles. The van der Waals surface area contributed by atoms with E-state index in [0.717, 1.165) is 0 Å². The van der Waals surface area contributed by atoms with Gasteiger partial charge in [-0.05, 0) is 36.4 Å². The molecule has 0 radical (unpaired) electrons. The molecule has 0 spiro atoms. The highest BCUT2D eigenvalue weighted by atomic mass is 15.1. The summed E-state index contributed by atoms with van der Waals surface area (Å²) in [5.74, 6) is 0. The summed E-state index contributed by atoms with van der Waals surface area (Å²) in [6.45, 7) is 3.07. The lowest BCUT2D eigenvalue weighted by Gasteiger charge is -2.25. The van der Waals surface area contributed by atoms with E-state index in [4.69, 9.17) is 10.5 Å². The van der Waals surface area contributed by atoms with Crippen molar-refractivity contribution < 1.29 is 0 Å². The predicted molar refractivity (Wildman–Crippen MR) is 101 cm³/mol. The van der Waals surface area contributed by atoms with Gasteiger partial charge in [0.15, 0.2) is 0 Å². The molecule has 0 aliphatic rings. The smallest absolute Gasteiger partial charge is 0.122 e. The van der Waals surface area contributed by atoms with Gasteiger partial charge >= 0.3 is 0 Å². The van der Waals surface area contributed by atoms with Crippen LogP contribution in [0.2, 0.25) is 0 Å². The van der Waals surface area contributed by atoms with Crippen LogP contribution in [0.25, 0.3) is 0 Å². The van der Waals surface area contributed by atoms with Gasteiger partial charge in [0, 0.05) is 17.1 Å². The first kappa shape index (κ1) is 17.5. The molecule has 3 aromatic rings. The molecule has 120 valence electrons. The fourth-order valence-corrected chi connectivity index (χ4v) is 2.20. The molecular formula is C22H17N3. The van der Waals surface area contributed by atoms with Crippen LogP contribution in [-0.4, -0.2) is 0 Å². The summed E-state index contributed by atoms with van der Waals surface area (Å²) in [4.78, 5) is 2.25. The first-order valence-corrected chi connectivity index (χ1v) is 7.70. The molecule has 3 aromatic carbocycles. The van der Waals surface area contributed by atoms with Crippen molar-refractivity contribution in [2.24, 2.45) is 0 Å². The first-order chi connectivity index (χ1) is 12.3. The molecular weight excluding hydrogens is 306 g/mol. The van der Waals surface area contributed by atoms with Gasteiger partial charge in [-0.1, -0.05) is 61.2 Å². The van der Waals surface area contributed by atoms with Crippen LogP contribution in [0.15, 0.2) is 103 Å². The standard InChI is InChI=1S/C18H15N.C4H2N2/c1-4-10-16(11-5-1)19(17-12-6-2-7-13-17)18-14-8-3-9-15-18;1-4(2-5)3-6/h1-15H;1H2. The van der Waals surface area contributed by atoms with Gasteiger partial charge in [-0.15, -0.1) is 0 Å². The molecule has 0 aromatic heterocycles. The van der Waals surface area contributed by atoms with Gasteiger partial charge in [0.25, 0.3) is 0 Å². The molecule has 0 atom stereocenters. The Morgan fingerprint density at radius 2 is 0.880 bits per heavy atom. The molecule has 3 nitrogen and oxygen atoms in total. The van der Waals surface area contributed by atoms with Crippen molar-refractivity contribution in [3.05, 3.63) is 103 Å². The lowest BCUT2D eigenvalue weighted by Crippen LogP contribution is -2.09. The summed E-state index contributed by atoms with van der Waals surface area (Å²) < 4.78 is 0. The van der Waals surface area contributed by atoms with E-state index in [9.17, 15) is 0 Å². The van der Waals surface area contributed by atoms with Crippen molar-refractivity contribution in [3.63, 3.8) is 0 Å². The Morgan fingerprint density at radius 3 is 1.08 bits per heavy atom. The van der Waals surface area contributed by atoms with E-state index in [1.54, 1.807) is 12.1 Å². The molecule has 0 bridgehead atoms. The van der Waals surface area contributed by atoms with E-state index in [1.165, 1.54) is 17.1 Å². The number of hydrogen-bond donors (Lipinski definition) is 0. The minimum Gasteiger partial charge on any atom is -0.311 e. The van der Waals surface area contributed by atoms with Gasteiger partial charge in [0.05, 0.1) is 0 Å². The highest BCUT2D eigenvalue weighted by Gasteiger charge is 2.10. The number of benzene rings is 3. The van der Waals surface area contributed by atoms with Gasteiger partial charge in [-0.25, -0.2) is 0 Å². The van der Waals surface area contributed by atoms with Crippen LogP contribution in [0.4, 0.5) is 17.1 Å². The molecule has 0 fully saturated rings. The van der Waals surface area contributed by atoms with Crippen molar-refractivity contribution in [3.8, 4) is 12.1 Å². The van der Waals surface area contributed by atoms with Gasteiger partial charge in [0.2, 0.25) is 0 Å². The van der Waals surface area contributed by atoms with Crippen molar-refractivity contribution in [2.75, 3.05) is 4.90 Å². The molecule has 3 heteroatoms. The van der Waals surface area contributed by atoms with Crippen molar-refractivity contribution in [1.29, 1.82) is 10.5 Å². The van der Waals surface area contributed by atoms with Crippen LogP contribution in [0.1, 0.15) is 0 Å². The van der Waals surface area contributed by atoms with Crippen LogP contribution in [0.3, 0.4) is 0 Å². The molecule has 0 aliphatic heterocycles. The zero-order chi connectivity index (χ0) is 17.9. The van der Waals surface area contributed by atoms with E-state index in [1.807, 2.05) is 18.2 Å². The SMILES string of the molecule is C=C(C#N)C#N.c1ccc(N(c2ccccc2)c2ccccc2)cc1. The molecule has 0 saturated carbocycles. The average Bonchev–Trinajstić information content (AvgIpc) is 2.70. The maximum atomic E-state index is 7.76. The minimum absolute atomic E-state index is 0.0463. The summed E-state index contributed by atoms with van der Waals surface area (Å²) in [7, 11) is 0. The van der Waals surface area contributed by atoms with Gasteiger partial charge in [-0.3, -0.25) is 0 Å². The summed E-state index contributed by atoms with van der Waals surface area (Å²) >= 11 is 0. The fraction of sp³-hybridized carbons (Fsp3) is 0. The Balaban J connectivity index is 0.000000326. The molecule has 0 unspecified atom stereocenters. The number of rotatable bonds is 3. The van der Waals surface area contributed by atoms with E-state index >= 15 is 0 Å². The monoisotopic (exact) mass is 323 g/mol. The third-order valence-corrected chi connectivity index (χ3v) is 3.31. The van der Waals surface area contributed by atoms with E-state index in [-0.39, 0.29) is 5.57 Å². The molecule has 0 N–H and O–H groups in total. The average molecular weight is 323 g/mol. The maximum absolute atomic E-state index is 7.76. The second kappa shape index (κ2) is 9.35. The number of para-hydroxylation sites is 3. The Kier molecular flexibility index (Phi) is 6.56. The van der Waals surface area contributed by atoms with Crippen molar-refractivity contribution in [1.82, 2.24) is 0 Å². The zero-order valence-electron chi connectivity index (χ0n) is 13.7. The Bertz CT molecular complexity index is 763. The van der Waals surface area contributed by atoms with E-state index in [2.05, 4.69) is 84.3 Å². The summed E-state index contributed by atoms with van der Waals surface area (Å²) in [6.07, 6.45) is 0. The second-order valence-electron chi connectivity index (χ2n) is 5.04. The van der Waals surface area contributed by atoms with Crippen molar-refractivity contribution >= 4 is 17.1 Å². The number of hydrogen-bond acceptors (Lipinski definition) is 3. The number of anilines is 3. The zero-order valence-corrected chi connectivity index (χ0v) is 13.7. The van der Waals surface area contributed by atoms with Crippen LogP contribution in [0.5, 0.6) is 0 Å². The van der Waals surface area contributed by atoms with E-state index < -0.39 is 0 Å². The lowest BCUT2D eigenvalue weighted by molar-refractivity contribution is 1.28. The van der Waals surface area contributed by atoms with E-state index in [0.29, 0.717) is 0 Å². The lowest BCUT2D eigenvalue weighted by atomic mass is 10.2. The minimum atomic E-state index is -0.0463. The predicted octanol–water partition coefficient (Wildman–Crippen LogP) is 5.75. The second-order valence-corrected chi connectivity index (χ2v) is 5.04. The molecule has 0 aliphatic carbocycles. The molecule has 0 saturated heterocycles. The van der Waals surface area contributed by atoms with Gasteiger partial charge in [-0.2, -0.15) is 10.5 Å². The largest absolute Gasteiger partial charge is 0.311 e. The third kappa shape index (κ3) is 5.10. The maximum Gasteiger partial charge on any atom is 0.122 e. The molecule has 25 heavy (non-hydrogen) atoms. The topological polar surface area (TPSA) is 50.8 Å². The summed E-state index contributed by atoms with van der Waals surface area (Å²) in [6, 6.07) is 34.4. The summed E-state index contributed by atoms with van der Waals surface area (Å²) in [5.41, 5.74) is 3.45. The third-order valence-electron chi connectivity index (χ3n) is 3.31. The Hall–Kier alpha value is -3.82. The van der Waals surface area contributed by atoms with Gasteiger partial charge < -0.3 is 4.90 Å². The van der Waals surface area contributed by atoms with Crippen LogP contribution >= 0.6 is 0 Å². The Morgan fingerprint density at radius 1 is 0.600 bits per heavy atom. The first-order valence-electron chi connectivity index (χ1n) is 7.70. The number of allylic oxidation sites excluding steroid dienone is 1. The normalized spacial score (nSPS) is 8.88. The van der Waals surface area contributed by atoms with Crippen LogP contribution < -0.4 is 4.90 Å². The quantitative estimate of drug-likeness (QED) is 0.577. The molecule has 3 rings (SSSR count). The Labute approximate surface area is 148 Å². The van der Waals surface area contributed by atoms with Crippen LogP contribution in [-0.2, 0) is 0 Å². The highest BCUT2D eigenvalue weighted by Crippen LogP contribution is 2.33. The number of nitrogens with zero attached hydrogens (tertiary/aromatic N) is 3. The van der Waals surface area contributed by atoms with Gasteiger partial charge in [0.1, 0.15) is 17.7 Å². The fourth-order valence-electron chi connectivity index (χ4n) is 2.20. The van der Waals surface area contributed by atoms with Crippen LogP contribution in [0, 0.1) is 22.7 Å². The number of nitriles is 2.